The van der Waals surface area contributed by atoms with Gasteiger partial charge in [0.1, 0.15) is 11.6 Å². The number of nitrogens with zero attached hydrogens (tertiary/aromatic N) is 3. The van der Waals surface area contributed by atoms with Crippen LogP contribution in [-0.2, 0) is 9.59 Å². The molecule has 0 spiro atoms. The number of Topliss-reactive ketones (excluding diaryl/α,β-unsaturated/α-hetero) is 1. The number of rotatable bonds is 4. The van der Waals surface area contributed by atoms with Crippen molar-refractivity contribution in [2.24, 2.45) is 34.5 Å². The van der Waals surface area contributed by atoms with E-state index in [4.69, 9.17) is 0 Å². The Morgan fingerprint density at radius 2 is 1.84 bits per heavy atom. The molecule has 0 bridgehead atoms. The number of carbonyl (C=O) groups excluding carboxylic acids is 2. The fourth-order valence-electron chi connectivity index (χ4n) is 9.22. The topological polar surface area (TPSA) is 73.7 Å². The summed E-state index contributed by atoms with van der Waals surface area (Å²) in [6, 6.07) is 6.02. The van der Waals surface area contributed by atoms with Crippen molar-refractivity contribution < 1.29 is 14.7 Å². The Kier molecular flexibility index (Phi) is 8.69. The Hall–Kier alpha value is -1.47. The lowest BCUT2D eigenvalue weighted by Gasteiger charge is -2.59. The molecular formula is C30H43Cl2N3O3. The average Bonchev–Trinajstić information content (AvgIpc) is 3.22. The molecule has 6 rings (SSSR count). The number of aliphatic hydroxyl groups excluding tert-OH is 1. The van der Waals surface area contributed by atoms with Gasteiger partial charge in [-0.15, -0.1) is 24.8 Å². The number of hydrogen-bond donors (Lipinski definition) is 1. The van der Waals surface area contributed by atoms with Gasteiger partial charge in [-0.05, 0) is 85.3 Å². The van der Waals surface area contributed by atoms with Gasteiger partial charge in [-0.3, -0.25) is 14.5 Å². The molecule has 6 nitrogen and oxygen atoms in total. The van der Waals surface area contributed by atoms with Crippen molar-refractivity contribution in [3.8, 4) is 0 Å². The van der Waals surface area contributed by atoms with Crippen molar-refractivity contribution in [3.05, 3.63) is 36.0 Å². The predicted molar refractivity (Wildman–Crippen MR) is 154 cm³/mol. The fraction of sp³-hybridized carbons (Fsp3) is 0.700. The second-order valence-electron chi connectivity index (χ2n) is 12.7. The highest BCUT2D eigenvalue weighted by Crippen LogP contribution is 2.66. The number of aliphatic hydroxyl groups is 1. The van der Waals surface area contributed by atoms with E-state index >= 15 is 0 Å². The van der Waals surface area contributed by atoms with Crippen LogP contribution in [0.3, 0.4) is 0 Å². The summed E-state index contributed by atoms with van der Waals surface area (Å²) in [5.41, 5.74) is 1.10. The molecule has 5 aliphatic rings. The molecule has 4 fully saturated rings. The van der Waals surface area contributed by atoms with Gasteiger partial charge in [-0.2, -0.15) is 0 Å². The van der Waals surface area contributed by atoms with Gasteiger partial charge in [0, 0.05) is 44.7 Å². The van der Waals surface area contributed by atoms with Gasteiger partial charge in [0.05, 0.1) is 12.6 Å². The standard InChI is InChI=1S/C30H41N3O3.2ClH/c1-29-11-10-21(34)17-20(29)6-7-22-23-8-9-24(30(23,2)18-25(35)28(22)29)26(36)19-32-13-15-33(16-14-32)27-5-3-4-12-31-27;;/h3-5,12,17,22-25,28,35H,6-11,13-16,18-19H2,1-2H3;2*1H/t22-,23-,24+,25+,28+,29-,30-;;/m0../s1. The van der Waals surface area contributed by atoms with Gasteiger partial charge in [0.25, 0.3) is 0 Å². The number of carbonyl (C=O) groups is 2. The first kappa shape index (κ1) is 29.5. The molecule has 1 aromatic rings. The maximum absolute atomic E-state index is 13.7. The van der Waals surface area contributed by atoms with Gasteiger partial charge in [0.15, 0.2) is 5.78 Å². The smallest absolute Gasteiger partial charge is 0.155 e. The van der Waals surface area contributed by atoms with Crippen molar-refractivity contribution in [3.63, 3.8) is 0 Å². The van der Waals surface area contributed by atoms with Crippen molar-refractivity contribution in [1.29, 1.82) is 0 Å². The molecule has 0 radical (unpaired) electrons. The average molecular weight is 565 g/mol. The van der Waals surface area contributed by atoms with Crippen LogP contribution in [0.25, 0.3) is 0 Å². The summed E-state index contributed by atoms with van der Waals surface area (Å²) in [6.07, 6.45) is 9.61. The summed E-state index contributed by atoms with van der Waals surface area (Å²) < 4.78 is 0. The molecule has 1 aliphatic heterocycles. The number of aromatic nitrogens is 1. The number of allylic oxidation sites excluding steroid dienone is 1. The van der Waals surface area contributed by atoms with Gasteiger partial charge >= 0.3 is 0 Å². The van der Waals surface area contributed by atoms with Crippen LogP contribution in [0.1, 0.15) is 58.8 Å². The van der Waals surface area contributed by atoms with Gasteiger partial charge in [-0.25, -0.2) is 4.98 Å². The van der Waals surface area contributed by atoms with E-state index in [9.17, 15) is 14.7 Å². The van der Waals surface area contributed by atoms with Crippen LogP contribution in [0.5, 0.6) is 0 Å². The van der Waals surface area contributed by atoms with E-state index < -0.39 is 6.10 Å². The second-order valence-corrected chi connectivity index (χ2v) is 12.7. The highest BCUT2D eigenvalue weighted by molar-refractivity contribution is 5.91. The Bertz CT molecular complexity index is 1060. The second kappa shape index (κ2) is 11.2. The zero-order chi connectivity index (χ0) is 25.1. The number of ketones is 2. The summed E-state index contributed by atoms with van der Waals surface area (Å²) in [5, 5.41) is 11.6. The molecule has 4 aliphatic carbocycles. The Morgan fingerprint density at radius 3 is 2.55 bits per heavy atom. The first-order valence-electron chi connectivity index (χ1n) is 14.1. The third-order valence-electron chi connectivity index (χ3n) is 11.0. The van der Waals surface area contributed by atoms with Crippen molar-refractivity contribution in [2.45, 2.75) is 64.9 Å². The number of piperazine rings is 1. The maximum Gasteiger partial charge on any atom is 0.155 e. The van der Waals surface area contributed by atoms with E-state index in [-0.39, 0.29) is 53.3 Å². The molecule has 210 valence electrons. The fourth-order valence-corrected chi connectivity index (χ4v) is 9.22. The molecular weight excluding hydrogens is 521 g/mol. The lowest BCUT2D eigenvalue weighted by Crippen LogP contribution is -2.57. The number of anilines is 1. The largest absolute Gasteiger partial charge is 0.393 e. The predicted octanol–water partition coefficient (Wildman–Crippen LogP) is 4.74. The Labute approximate surface area is 239 Å². The van der Waals surface area contributed by atoms with Crippen LogP contribution in [0, 0.1) is 34.5 Å². The highest BCUT2D eigenvalue weighted by Gasteiger charge is 2.62. The number of hydrogen-bond acceptors (Lipinski definition) is 6. The normalized spacial score (nSPS) is 38.6. The first-order valence-corrected chi connectivity index (χ1v) is 14.1. The minimum atomic E-state index is -0.395. The molecule has 2 heterocycles. The quantitative estimate of drug-likeness (QED) is 0.570. The molecule has 1 N–H and O–H groups in total. The van der Waals surface area contributed by atoms with E-state index in [1.54, 1.807) is 0 Å². The molecule has 0 amide bonds. The molecule has 38 heavy (non-hydrogen) atoms. The molecule has 8 heteroatoms. The zero-order valence-electron chi connectivity index (χ0n) is 22.7. The monoisotopic (exact) mass is 563 g/mol. The summed E-state index contributed by atoms with van der Waals surface area (Å²) in [6.45, 7) is 8.70. The number of pyridine rings is 1. The number of fused-ring (bicyclic) bond motifs is 5. The van der Waals surface area contributed by atoms with E-state index in [0.29, 0.717) is 30.6 Å². The van der Waals surface area contributed by atoms with Gasteiger partial charge in [0.2, 0.25) is 0 Å². The Morgan fingerprint density at radius 1 is 1.08 bits per heavy atom. The van der Waals surface area contributed by atoms with Crippen molar-refractivity contribution >= 4 is 42.2 Å². The van der Waals surface area contributed by atoms with E-state index in [0.717, 1.165) is 70.5 Å². The minimum absolute atomic E-state index is 0. The maximum atomic E-state index is 13.7. The third kappa shape index (κ3) is 4.84. The lowest BCUT2D eigenvalue weighted by molar-refractivity contribution is -0.145. The molecule has 3 saturated carbocycles. The SMILES string of the molecule is C[C@]12C[C@@H](O)[C@H]3[C@@H](CCC4=CC(=O)CC[C@@]43C)[C@@H]1CC[C@@H]2C(=O)CN1CCN(c2ccccn2)CC1.Cl.Cl. The summed E-state index contributed by atoms with van der Waals surface area (Å²) in [7, 11) is 0. The summed E-state index contributed by atoms with van der Waals surface area (Å²) in [4.78, 5) is 34.9. The molecule has 1 saturated heterocycles. The van der Waals surface area contributed by atoms with Crippen LogP contribution in [0.4, 0.5) is 5.82 Å². The van der Waals surface area contributed by atoms with E-state index in [1.807, 2.05) is 24.4 Å². The van der Waals surface area contributed by atoms with Crippen molar-refractivity contribution in [2.75, 3.05) is 37.6 Å². The minimum Gasteiger partial charge on any atom is -0.393 e. The number of halogens is 2. The molecule has 7 atom stereocenters. The lowest BCUT2D eigenvalue weighted by atomic mass is 9.46. The highest BCUT2D eigenvalue weighted by atomic mass is 35.5. The van der Waals surface area contributed by atoms with Crippen LogP contribution in [0.2, 0.25) is 0 Å². The van der Waals surface area contributed by atoms with Crippen LogP contribution in [0.15, 0.2) is 36.0 Å². The van der Waals surface area contributed by atoms with Crippen LogP contribution < -0.4 is 4.90 Å². The zero-order valence-corrected chi connectivity index (χ0v) is 24.3. The van der Waals surface area contributed by atoms with Crippen LogP contribution >= 0.6 is 24.8 Å². The molecule has 0 aromatic carbocycles. The summed E-state index contributed by atoms with van der Waals surface area (Å²) in [5.74, 6) is 2.86. The van der Waals surface area contributed by atoms with Gasteiger partial charge < -0.3 is 10.0 Å². The van der Waals surface area contributed by atoms with E-state index in [2.05, 4.69) is 34.7 Å². The molecule has 1 aromatic heterocycles. The molecule has 0 unspecified atom stereocenters. The Balaban J connectivity index is 0.00000168. The van der Waals surface area contributed by atoms with Crippen molar-refractivity contribution in [1.82, 2.24) is 9.88 Å². The first-order chi connectivity index (χ1) is 17.3. The van der Waals surface area contributed by atoms with Crippen LogP contribution in [-0.4, -0.2) is 65.4 Å². The van der Waals surface area contributed by atoms with Gasteiger partial charge in [-0.1, -0.05) is 25.5 Å². The summed E-state index contributed by atoms with van der Waals surface area (Å²) >= 11 is 0. The van der Waals surface area contributed by atoms with E-state index in [1.165, 1.54) is 5.57 Å². The third-order valence-corrected chi connectivity index (χ3v) is 11.0.